The molecule has 2 aliphatic heterocycles. The zero-order valence-electron chi connectivity index (χ0n) is 46.9. The van der Waals surface area contributed by atoms with Crippen LogP contribution in [0.2, 0.25) is 0 Å². The molecule has 4 aliphatic carbocycles. The number of nitrogens with zero attached hydrogens (tertiary/aromatic N) is 3. The number of allylic oxidation sites excluding steroid dienone is 9. The predicted octanol–water partition coefficient (Wildman–Crippen LogP) is 17.2. The second kappa shape index (κ2) is 25.2. The lowest BCUT2D eigenvalue weighted by Crippen LogP contribution is -2.41. The molecule has 4 N–H and O–H groups in total. The Kier molecular flexibility index (Phi) is 18.4. The van der Waals surface area contributed by atoms with E-state index in [4.69, 9.17) is 0 Å². The summed E-state index contributed by atoms with van der Waals surface area (Å²) in [5, 5.41) is 27.2. The molecule has 10 rings (SSSR count). The lowest BCUT2D eigenvalue weighted by Gasteiger charge is -2.31. The lowest BCUT2D eigenvalue weighted by atomic mass is 9.80. The van der Waals surface area contributed by atoms with E-state index in [9.17, 15) is 19.8 Å². The number of anilines is 3. The molecule has 9 nitrogen and oxygen atoms in total. The topological polar surface area (TPSA) is 108 Å². The summed E-state index contributed by atoms with van der Waals surface area (Å²) < 4.78 is 4.21. The van der Waals surface area contributed by atoms with E-state index in [1.807, 2.05) is 25.2 Å². The highest BCUT2D eigenvalue weighted by Crippen LogP contribution is 2.48. The van der Waals surface area contributed by atoms with Gasteiger partial charge in [0.1, 0.15) is 7.05 Å². The minimum atomic E-state index is -0.924. The van der Waals surface area contributed by atoms with Crippen LogP contribution in [0, 0.1) is 11.8 Å². The number of hydrogen-bond donors (Lipinski definition) is 4. The molecule has 1 unspecified atom stereocenters. The van der Waals surface area contributed by atoms with Crippen molar-refractivity contribution < 1.29 is 24.4 Å². The van der Waals surface area contributed by atoms with Gasteiger partial charge in [0.25, 0.3) is 0 Å². The Morgan fingerprint density at radius 2 is 1.21 bits per heavy atom. The zero-order valence-corrected chi connectivity index (χ0v) is 50.1. The summed E-state index contributed by atoms with van der Waals surface area (Å²) in [5.41, 5.74) is 10.8. The monoisotopic (exact) mass is 1180 g/mol. The highest BCUT2D eigenvalue weighted by molar-refractivity contribution is 9.10. The molecule has 412 valence electrons. The minimum Gasteiger partial charge on any atom is -0.478 e. The molecule has 4 aromatic carbocycles. The van der Waals surface area contributed by atoms with Crippen LogP contribution in [0.15, 0.2) is 153 Å². The van der Waals surface area contributed by atoms with Crippen LogP contribution in [-0.4, -0.2) is 58.6 Å². The van der Waals surface area contributed by atoms with Gasteiger partial charge in [0.15, 0.2) is 5.71 Å². The van der Waals surface area contributed by atoms with Gasteiger partial charge < -0.3 is 30.6 Å². The van der Waals surface area contributed by atoms with E-state index in [1.165, 1.54) is 113 Å². The molecule has 0 radical (unpaired) electrons. The van der Waals surface area contributed by atoms with E-state index in [2.05, 4.69) is 177 Å². The zero-order chi connectivity index (χ0) is 55.1. The van der Waals surface area contributed by atoms with Crippen molar-refractivity contribution in [2.24, 2.45) is 11.8 Å². The first-order valence-electron chi connectivity index (χ1n) is 28.9. The van der Waals surface area contributed by atoms with Crippen LogP contribution in [-0.2, 0) is 10.8 Å². The number of nitrogens with one attached hydrogen (secondary N) is 2. The summed E-state index contributed by atoms with van der Waals surface area (Å²) in [4.78, 5) is 28.2. The van der Waals surface area contributed by atoms with E-state index < -0.39 is 11.9 Å². The molecule has 0 bridgehead atoms. The van der Waals surface area contributed by atoms with Gasteiger partial charge in [-0.1, -0.05) is 122 Å². The van der Waals surface area contributed by atoms with Crippen molar-refractivity contribution in [2.75, 3.05) is 23.9 Å². The number of aromatic carboxylic acids is 2. The standard InChI is InChI=1S/C47H45Br2N3O4.C20H36N2/c1-46(2)37-27-31(44(53)54)15-25-39(37)50(5)41(46)11-7-9-29-13-14-30(43(29)52(35-21-17-33(48)18-22-35)36-23-19-34(49)20-24-36)10-8-12-42-47(3,4)38-28-32(45(55)56)16-26-40(38)51(42)6;1-4-10-17(11-5-1)16-20(21-18-12-6-2-7-13-18)22-19-14-8-3-9-15-19/h7-9,11-12,15-28,30H,10,13-14H2,1-6H3,(H-,53,54,55,56);16-19,21-22H,1-15H2/p+1/b9-7+,12-8+,41-11-;. The maximum atomic E-state index is 11.8. The number of fused-ring (bicyclic) bond motifs is 2. The van der Waals surface area contributed by atoms with Gasteiger partial charge in [0.2, 0.25) is 5.69 Å². The first-order valence-corrected chi connectivity index (χ1v) is 30.5. The maximum absolute atomic E-state index is 11.8. The minimum absolute atomic E-state index is 0.214. The third-order valence-electron chi connectivity index (χ3n) is 17.7. The molecule has 78 heavy (non-hydrogen) atoms. The highest BCUT2D eigenvalue weighted by atomic mass is 79.9. The number of benzene rings is 4. The van der Waals surface area contributed by atoms with E-state index in [0.29, 0.717) is 11.1 Å². The Morgan fingerprint density at radius 3 is 1.76 bits per heavy atom. The number of halogens is 2. The largest absolute Gasteiger partial charge is 0.478 e. The van der Waals surface area contributed by atoms with Crippen molar-refractivity contribution in [2.45, 2.75) is 166 Å². The molecule has 1 atom stereocenters. The number of carboxylic acid groups (broad SMARTS) is 2. The molecule has 11 heteroatoms. The Bertz CT molecular complexity index is 2930. The van der Waals surface area contributed by atoms with Crippen molar-refractivity contribution >= 4 is 72.3 Å². The molecule has 0 amide bonds. The first kappa shape index (κ1) is 57.0. The van der Waals surface area contributed by atoms with Gasteiger partial charge in [0.05, 0.1) is 22.4 Å². The van der Waals surface area contributed by atoms with Crippen molar-refractivity contribution in [1.82, 2.24) is 10.6 Å². The fraction of sp³-hybridized carbons (Fsp3) is 0.448. The van der Waals surface area contributed by atoms with E-state index in [-0.39, 0.29) is 16.7 Å². The average Bonchev–Trinajstić information content (AvgIpc) is 4.18. The van der Waals surface area contributed by atoms with Crippen LogP contribution in [0.25, 0.3) is 0 Å². The van der Waals surface area contributed by atoms with Crippen molar-refractivity contribution in [3.8, 4) is 0 Å². The van der Waals surface area contributed by atoms with Crippen molar-refractivity contribution in [3.05, 3.63) is 175 Å². The number of rotatable bonds is 15. The Hall–Kier alpha value is -5.65. The number of likely N-dealkylation sites (N-methyl/N-ethyl adjacent to an activating group) is 1. The molecule has 6 aliphatic rings. The highest BCUT2D eigenvalue weighted by Gasteiger charge is 2.44. The van der Waals surface area contributed by atoms with Gasteiger partial charge in [-0.3, -0.25) is 0 Å². The smallest absolute Gasteiger partial charge is 0.335 e. The van der Waals surface area contributed by atoms with Crippen LogP contribution in [0.4, 0.5) is 22.7 Å². The second-order valence-corrected chi connectivity index (χ2v) is 25.6. The van der Waals surface area contributed by atoms with Crippen LogP contribution in [0.1, 0.15) is 175 Å². The molecule has 3 saturated carbocycles. The molecular formula is C67H82Br2N5O4+. The quantitative estimate of drug-likeness (QED) is 0.0872. The third kappa shape index (κ3) is 13.0. The summed E-state index contributed by atoms with van der Waals surface area (Å²) >= 11 is 7.28. The summed E-state index contributed by atoms with van der Waals surface area (Å²) in [6.07, 6.45) is 37.5. The van der Waals surface area contributed by atoms with E-state index in [0.717, 1.165) is 91.5 Å². The summed E-state index contributed by atoms with van der Waals surface area (Å²) in [6, 6.07) is 29.2. The predicted molar refractivity (Wildman–Crippen MR) is 328 cm³/mol. The summed E-state index contributed by atoms with van der Waals surface area (Å²) in [6.45, 7) is 8.62. The van der Waals surface area contributed by atoms with Gasteiger partial charge >= 0.3 is 11.9 Å². The van der Waals surface area contributed by atoms with Gasteiger partial charge in [-0.25, -0.2) is 9.59 Å². The summed E-state index contributed by atoms with van der Waals surface area (Å²) in [7, 11) is 4.10. The Morgan fingerprint density at radius 1 is 0.679 bits per heavy atom. The van der Waals surface area contributed by atoms with E-state index >= 15 is 0 Å². The van der Waals surface area contributed by atoms with Crippen LogP contribution < -0.4 is 20.4 Å². The van der Waals surface area contributed by atoms with Gasteiger partial charge in [-0.05, 0) is 180 Å². The molecule has 3 fully saturated rings. The van der Waals surface area contributed by atoms with Crippen LogP contribution in [0.3, 0.4) is 0 Å². The molecular weight excluding hydrogens is 1100 g/mol. The second-order valence-electron chi connectivity index (χ2n) is 23.7. The van der Waals surface area contributed by atoms with Gasteiger partial charge in [-0.15, -0.1) is 0 Å². The number of hydrogen-bond acceptors (Lipinski definition) is 6. The lowest BCUT2D eigenvalue weighted by molar-refractivity contribution is -0.401. The van der Waals surface area contributed by atoms with Gasteiger partial charge in [0, 0.05) is 85.6 Å². The maximum Gasteiger partial charge on any atom is 0.335 e. The third-order valence-corrected chi connectivity index (χ3v) is 18.7. The fourth-order valence-corrected chi connectivity index (χ4v) is 13.9. The molecule has 2 heterocycles. The fourth-order valence-electron chi connectivity index (χ4n) is 13.3. The molecule has 0 spiro atoms. The summed E-state index contributed by atoms with van der Waals surface area (Å²) in [5.74, 6) is 0.580. The Labute approximate surface area is 481 Å². The van der Waals surface area contributed by atoms with Crippen LogP contribution in [0.5, 0.6) is 0 Å². The number of carbonyl (C=O) groups is 2. The number of carboxylic acids is 2. The molecule has 0 saturated heterocycles. The molecule has 0 aromatic heterocycles. The SMILES string of the molecule is C(=C(NC1CCCCC1)NC1CCCCC1)C1CCCCC1.CN1/C(=C\C=C\C2=C(N(c3ccc(Br)cc3)c3ccc(Br)cc3)C(C/C=C/C3=[N+](C)c4ccc(C(=O)O)cc4C3(C)C)CC2)C(C)(C)c2cc(C(=O)O)ccc21. The Balaban J connectivity index is 0.000000279. The van der Waals surface area contributed by atoms with Crippen molar-refractivity contribution in [3.63, 3.8) is 0 Å². The molecule has 4 aromatic rings. The average molecular weight is 1180 g/mol. The first-order chi connectivity index (χ1) is 37.5. The van der Waals surface area contributed by atoms with Crippen LogP contribution >= 0.6 is 31.9 Å². The van der Waals surface area contributed by atoms with Gasteiger partial charge in [-0.2, -0.15) is 4.58 Å². The van der Waals surface area contributed by atoms with E-state index in [1.54, 1.807) is 18.2 Å². The normalized spacial score (nSPS) is 20.9. The van der Waals surface area contributed by atoms with Crippen molar-refractivity contribution in [1.29, 1.82) is 0 Å².